The summed E-state index contributed by atoms with van der Waals surface area (Å²) in [6.45, 7) is 3.32. The molecule has 12 heteroatoms. The second-order valence-corrected chi connectivity index (χ2v) is 7.20. The molecule has 168 valence electrons. The number of rotatable bonds is 7. The maximum absolute atomic E-state index is 12.8. The highest BCUT2D eigenvalue weighted by atomic mass is 19.3. The van der Waals surface area contributed by atoms with Crippen LogP contribution >= 0.6 is 0 Å². The number of aliphatic carboxylic acids is 1. The molecule has 0 radical (unpaired) electrons. The van der Waals surface area contributed by atoms with Gasteiger partial charge in [-0.05, 0) is 25.1 Å². The zero-order valence-electron chi connectivity index (χ0n) is 17.2. The number of nitrogens with one attached hydrogen (secondary N) is 1. The van der Waals surface area contributed by atoms with E-state index in [9.17, 15) is 18.7 Å². The zero-order valence-corrected chi connectivity index (χ0v) is 17.2. The predicted octanol–water partition coefficient (Wildman–Crippen LogP) is 1.75. The minimum absolute atomic E-state index is 0.0756. The SMILES string of the molecule is Cc1nnn(-c2ccc(C(F)F)cc2)c1COc1ccc(N2CCNC[C@H]2C(=O)O)nn1. The molecular weight excluding hydrogens is 424 g/mol. The van der Waals surface area contributed by atoms with E-state index in [-0.39, 0.29) is 18.1 Å². The summed E-state index contributed by atoms with van der Waals surface area (Å²) in [5.74, 6) is -0.235. The third-order valence-corrected chi connectivity index (χ3v) is 5.15. The molecule has 3 aromatic rings. The molecule has 1 aliphatic rings. The minimum Gasteiger partial charge on any atom is -0.480 e. The van der Waals surface area contributed by atoms with Gasteiger partial charge in [0.05, 0.1) is 11.4 Å². The Balaban J connectivity index is 1.46. The van der Waals surface area contributed by atoms with Gasteiger partial charge in [0.25, 0.3) is 6.43 Å². The number of piperazine rings is 1. The largest absolute Gasteiger partial charge is 0.480 e. The average Bonchev–Trinajstić information content (AvgIpc) is 3.18. The molecule has 1 saturated heterocycles. The maximum atomic E-state index is 12.8. The quantitative estimate of drug-likeness (QED) is 0.561. The van der Waals surface area contributed by atoms with Crippen molar-refractivity contribution >= 4 is 11.8 Å². The second kappa shape index (κ2) is 9.22. The van der Waals surface area contributed by atoms with E-state index in [1.165, 1.54) is 16.8 Å². The third-order valence-electron chi connectivity index (χ3n) is 5.15. The number of hydrogen-bond acceptors (Lipinski definition) is 8. The van der Waals surface area contributed by atoms with Gasteiger partial charge in [-0.15, -0.1) is 15.3 Å². The summed E-state index contributed by atoms with van der Waals surface area (Å²) in [4.78, 5) is 13.1. The summed E-state index contributed by atoms with van der Waals surface area (Å²) in [5, 5.41) is 28.7. The highest BCUT2D eigenvalue weighted by Gasteiger charge is 2.29. The molecule has 0 amide bonds. The van der Waals surface area contributed by atoms with E-state index in [0.29, 0.717) is 42.5 Å². The molecule has 0 saturated carbocycles. The molecule has 4 rings (SSSR count). The van der Waals surface area contributed by atoms with Crippen molar-refractivity contribution in [3.63, 3.8) is 0 Å². The van der Waals surface area contributed by atoms with Crippen LogP contribution in [0.4, 0.5) is 14.6 Å². The highest BCUT2D eigenvalue weighted by molar-refractivity contribution is 5.78. The summed E-state index contributed by atoms with van der Waals surface area (Å²) < 4.78 is 32.8. The topological polar surface area (TPSA) is 118 Å². The lowest BCUT2D eigenvalue weighted by Crippen LogP contribution is -2.55. The van der Waals surface area contributed by atoms with Crippen LogP contribution in [0.5, 0.6) is 5.88 Å². The summed E-state index contributed by atoms with van der Waals surface area (Å²) in [6.07, 6.45) is -2.54. The summed E-state index contributed by atoms with van der Waals surface area (Å²) in [6, 6.07) is 8.32. The van der Waals surface area contributed by atoms with Crippen LogP contribution < -0.4 is 15.0 Å². The van der Waals surface area contributed by atoms with Crippen molar-refractivity contribution in [1.29, 1.82) is 0 Å². The van der Waals surface area contributed by atoms with E-state index in [1.54, 1.807) is 36.1 Å². The van der Waals surface area contributed by atoms with Crippen LogP contribution in [-0.4, -0.2) is 61.9 Å². The van der Waals surface area contributed by atoms with Crippen LogP contribution in [0.15, 0.2) is 36.4 Å². The Morgan fingerprint density at radius 1 is 1.22 bits per heavy atom. The smallest absolute Gasteiger partial charge is 0.327 e. The van der Waals surface area contributed by atoms with Crippen LogP contribution in [0.3, 0.4) is 0 Å². The average molecular weight is 445 g/mol. The van der Waals surface area contributed by atoms with E-state index in [2.05, 4.69) is 25.8 Å². The number of aryl methyl sites for hydroxylation is 1. The predicted molar refractivity (Wildman–Crippen MR) is 109 cm³/mol. The molecule has 2 aromatic heterocycles. The fourth-order valence-electron chi connectivity index (χ4n) is 3.40. The summed E-state index contributed by atoms with van der Waals surface area (Å²) in [7, 11) is 0. The van der Waals surface area contributed by atoms with E-state index in [1.807, 2.05) is 0 Å². The molecule has 1 fully saturated rings. The zero-order chi connectivity index (χ0) is 22.7. The molecular formula is C20H21F2N7O3. The van der Waals surface area contributed by atoms with Gasteiger partial charge in [0, 0.05) is 31.3 Å². The first-order chi connectivity index (χ1) is 15.4. The number of carbonyl (C=O) groups is 1. The first-order valence-corrected chi connectivity index (χ1v) is 9.90. The molecule has 2 N–H and O–H groups in total. The fraction of sp³-hybridized carbons (Fsp3) is 0.350. The van der Waals surface area contributed by atoms with Gasteiger partial charge in [-0.3, -0.25) is 0 Å². The van der Waals surface area contributed by atoms with Crippen molar-refractivity contribution < 1.29 is 23.4 Å². The number of benzene rings is 1. The molecule has 1 aliphatic heterocycles. The molecule has 32 heavy (non-hydrogen) atoms. The molecule has 10 nitrogen and oxygen atoms in total. The first-order valence-electron chi connectivity index (χ1n) is 9.90. The second-order valence-electron chi connectivity index (χ2n) is 7.20. The Morgan fingerprint density at radius 3 is 2.66 bits per heavy atom. The monoisotopic (exact) mass is 445 g/mol. The maximum Gasteiger partial charge on any atom is 0.327 e. The third kappa shape index (κ3) is 4.49. The fourth-order valence-corrected chi connectivity index (χ4v) is 3.40. The summed E-state index contributed by atoms with van der Waals surface area (Å²) >= 11 is 0. The molecule has 0 aliphatic carbocycles. The van der Waals surface area contributed by atoms with Crippen LogP contribution in [0.25, 0.3) is 5.69 Å². The lowest BCUT2D eigenvalue weighted by Gasteiger charge is -2.33. The Bertz CT molecular complexity index is 1070. The van der Waals surface area contributed by atoms with Gasteiger partial charge in [0.2, 0.25) is 5.88 Å². The van der Waals surface area contributed by atoms with Crippen molar-refractivity contribution in [2.24, 2.45) is 0 Å². The Labute approximate surface area is 181 Å². The number of nitrogens with zero attached hydrogens (tertiary/aromatic N) is 6. The number of hydrogen-bond donors (Lipinski definition) is 2. The van der Waals surface area contributed by atoms with Crippen LogP contribution in [0, 0.1) is 6.92 Å². The van der Waals surface area contributed by atoms with E-state index in [4.69, 9.17) is 4.74 Å². The lowest BCUT2D eigenvalue weighted by atomic mass is 10.2. The summed E-state index contributed by atoms with van der Waals surface area (Å²) in [5.41, 5.74) is 1.76. The number of carboxylic acids is 1. The molecule has 0 bridgehead atoms. The Kier molecular flexibility index (Phi) is 6.21. The number of halogens is 2. The molecule has 3 heterocycles. The number of ether oxygens (including phenoxy) is 1. The van der Waals surface area contributed by atoms with Crippen molar-refractivity contribution in [1.82, 2.24) is 30.5 Å². The number of anilines is 1. The van der Waals surface area contributed by atoms with E-state index < -0.39 is 18.4 Å². The van der Waals surface area contributed by atoms with Gasteiger partial charge >= 0.3 is 5.97 Å². The molecule has 1 aromatic carbocycles. The lowest BCUT2D eigenvalue weighted by molar-refractivity contribution is -0.138. The normalized spacial score (nSPS) is 16.4. The number of aromatic nitrogens is 5. The van der Waals surface area contributed by atoms with Gasteiger partial charge < -0.3 is 20.1 Å². The van der Waals surface area contributed by atoms with E-state index >= 15 is 0 Å². The van der Waals surface area contributed by atoms with Gasteiger partial charge in [0.15, 0.2) is 5.82 Å². The Morgan fingerprint density at radius 2 is 2.00 bits per heavy atom. The van der Waals surface area contributed by atoms with Crippen LogP contribution in [0.1, 0.15) is 23.4 Å². The van der Waals surface area contributed by atoms with Crippen molar-refractivity contribution in [2.45, 2.75) is 26.0 Å². The van der Waals surface area contributed by atoms with Crippen LogP contribution in [0.2, 0.25) is 0 Å². The first kappa shape index (κ1) is 21.6. The van der Waals surface area contributed by atoms with Gasteiger partial charge in [-0.1, -0.05) is 17.3 Å². The van der Waals surface area contributed by atoms with Crippen LogP contribution in [-0.2, 0) is 11.4 Å². The van der Waals surface area contributed by atoms with Gasteiger partial charge in [-0.25, -0.2) is 18.3 Å². The van der Waals surface area contributed by atoms with Crippen molar-refractivity contribution in [2.75, 3.05) is 24.5 Å². The Hall–Kier alpha value is -3.67. The molecule has 0 unspecified atom stereocenters. The number of carboxylic acid groups (broad SMARTS) is 1. The van der Waals surface area contributed by atoms with Crippen molar-refractivity contribution in [3.8, 4) is 11.6 Å². The minimum atomic E-state index is -2.54. The van der Waals surface area contributed by atoms with Gasteiger partial charge in [0.1, 0.15) is 18.3 Å². The highest BCUT2D eigenvalue weighted by Crippen LogP contribution is 2.22. The standard InChI is InChI=1S/C20H21F2N7O3/c1-12-16(29(27-24-12)14-4-2-13(3-5-14)19(21)22)11-32-18-7-6-17(25-26-18)28-9-8-23-10-15(28)20(30)31/h2-7,15,19,23H,8-11H2,1H3,(H,30,31)/t15-/m0/s1. The molecule has 0 spiro atoms. The van der Waals surface area contributed by atoms with E-state index in [0.717, 1.165) is 0 Å². The number of alkyl halides is 2. The molecule has 1 atom stereocenters. The van der Waals surface area contributed by atoms with Gasteiger partial charge in [-0.2, -0.15) is 0 Å². The van der Waals surface area contributed by atoms with Crippen molar-refractivity contribution in [3.05, 3.63) is 53.3 Å².